The molecule has 5 rings (SSSR count). The molecule has 3 aromatic carbocycles. The fourth-order valence-corrected chi connectivity index (χ4v) is 4.81. The van der Waals surface area contributed by atoms with Gasteiger partial charge >= 0.3 is 0 Å². The topological polar surface area (TPSA) is 25.2 Å². The van der Waals surface area contributed by atoms with Crippen molar-refractivity contribution in [3.8, 4) is 11.3 Å². The van der Waals surface area contributed by atoms with Gasteiger partial charge in [0.15, 0.2) is 0 Å². The minimum Gasteiger partial charge on any atom is -0.343 e. The van der Waals surface area contributed by atoms with Gasteiger partial charge in [0.2, 0.25) is 0 Å². The van der Waals surface area contributed by atoms with E-state index in [1.165, 1.54) is 12.1 Å². The summed E-state index contributed by atoms with van der Waals surface area (Å²) < 4.78 is 15.8. The van der Waals surface area contributed by atoms with Crippen molar-refractivity contribution in [2.45, 2.75) is 19.4 Å². The van der Waals surface area contributed by atoms with E-state index in [1.54, 1.807) is 0 Å². The summed E-state index contributed by atoms with van der Waals surface area (Å²) in [6.45, 7) is 2.78. The van der Waals surface area contributed by atoms with Crippen molar-refractivity contribution in [2.24, 2.45) is 7.05 Å². The number of benzene rings is 3. The molecule has 1 aliphatic rings. The largest absolute Gasteiger partial charge is 0.343 e. The Morgan fingerprint density at radius 1 is 0.933 bits per heavy atom. The van der Waals surface area contributed by atoms with Gasteiger partial charge in [-0.05, 0) is 53.9 Å². The molecule has 0 saturated carbocycles. The van der Waals surface area contributed by atoms with Gasteiger partial charge in [-0.1, -0.05) is 43.3 Å². The van der Waals surface area contributed by atoms with Crippen molar-refractivity contribution in [1.82, 2.24) is 9.47 Å². The first kappa shape index (κ1) is 18.6. The van der Waals surface area contributed by atoms with Crippen LogP contribution in [-0.4, -0.2) is 21.9 Å². The molecule has 150 valence electrons. The fourth-order valence-electron chi connectivity index (χ4n) is 4.81. The SMILES string of the molecule is CCCN1C(=O)c2ccccc2[C@H]1c1c(-c2ccc(F)cc2)n(C)c2ccccc12. The Kier molecular flexibility index (Phi) is 4.43. The maximum Gasteiger partial charge on any atom is 0.255 e. The number of amides is 1. The van der Waals surface area contributed by atoms with Crippen molar-refractivity contribution >= 4 is 16.8 Å². The van der Waals surface area contributed by atoms with E-state index in [0.29, 0.717) is 6.54 Å². The smallest absolute Gasteiger partial charge is 0.255 e. The summed E-state index contributed by atoms with van der Waals surface area (Å²) in [7, 11) is 2.04. The molecule has 4 aromatic rings. The van der Waals surface area contributed by atoms with E-state index in [-0.39, 0.29) is 17.8 Å². The normalized spacial score (nSPS) is 15.8. The molecule has 30 heavy (non-hydrogen) atoms. The third-order valence-corrected chi connectivity index (χ3v) is 6.06. The molecule has 0 bridgehead atoms. The number of hydrogen-bond acceptors (Lipinski definition) is 1. The van der Waals surface area contributed by atoms with Crippen LogP contribution in [0.3, 0.4) is 0 Å². The molecule has 0 saturated heterocycles. The summed E-state index contributed by atoms with van der Waals surface area (Å²) in [5, 5.41) is 1.12. The van der Waals surface area contributed by atoms with Crippen molar-refractivity contribution in [1.29, 1.82) is 0 Å². The predicted molar refractivity (Wildman–Crippen MR) is 118 cm³/mol. The van der Waals surface area contributed by atoms with Gasteiger partial charge in [0.1, 0.15) is 5.82 Å². The Morgan fingerprint density at radius 2 is 1.63 bits per heavy atom. The minimum absolute atomic E-state index is 0.0791. The second-order valence-electron chi connectivity index (χ2n) is 7.83. The molecule has 3 nitrogen and oxygen atoms in total. The van der Waals surface area contributed by atoms with Gasteiger partial charge in [0, 0.05) is 35.6 Å². The van der Waals surface area contributed by atoms with Gasteiger partial charge in [0.25, 0.3) is 5.91 Å². The molecule has 0 spiro atoms. The lowest BCUT2D eigenvalue weighted by Gasteiger charge is -2.26. The number of nitrogens with zero attached hydrogens (tertiary/aromatic N) is 2. The quantitative estimate of drug-likeness (QED) is 0.418. The van der Waals surface area contributed by atoms with Crippen LogP contribution in [0, 0.1) is 5.82 Å². The van der Waals surface area contributed by atoms with E-state index < -0.39 is 0 Å². The molecule has 1 amide bonds. The monoisotopic (exact) mass is 398 g/mol. The van der Waals surface area contributed by atoms with E-state index in [9.17, 15) is 9.18 Å². The van der Waals surface area contributed by atoms with Crippen LogP contribution in [-0.2, 0) is 7.05 Å². The molecule has 1 aromatic heterocycles. The number of carbonyl (C=O) groups is 1. The van der Waals surface area contributed by atoms with Gasteiger partial charge < -0.3 is 9.47 Å². The highest BCUT2D eigenvalue weighted by Gasteiger charge is 2.40. The van der Waals surface area contributed by atoms with Crippen molar-refractivity contribution in [3.05, 3.63) is 95.3 Å². The standard InChI is InChI=1S/C26H23FN2O/c1-3-16-29-25(19-8-4-5-9-20(19)26(29)30)23-21-10-6-7-11-22(21)28(2)24(23)17-12-14-18(27)15-13-17/h4-15,25H,3,16H2,1-2H3/t25-/m0/s1. The van der Waals surface area contributed by atoms with Crippen LogP contribution < -0.4 is 0 Å². The van der Waals surface area contributed by atoms with Crippen LogP contribution >= 0.6 is 0 Å². The van der Waals surface area contributed by atoms with Gasteiger partial charge in [0.05, 0.1) is 11.7 Å². The average Bonchev–Trinajstić information content (AvgIpc) is 3.21. The number of para-hydroxylation sites is 1. The number of carbonyl (C=O) groups excluding carboxylic acids is 1. The molecule has 0 aliphatic carbocycles. The van der Waals surface area contributed by atoms with Crippen molar-refractivity contribution in [3.63, 3.8) is 0 Å². The Hall–Kier alpha value is -3.40. The van der Waals surface area contributed by atoms with Crippen molar-refractivity contribution < 1.29 is 9.18 Å². The van der Waals surface area contributed by atoms with Gasteiger partial charge in [-0.15, -0.1) is 0 Å². The fraction of sp³-hybridized carbons (Fsp3) is 0.192. The molecular weight excluding hydrogens is 375 g/mol. The second-order valence-corrected chi connectivity index (χ2v) is 7.83. The van der Waals surface area contributed by atoms with Gasteiger partial charge in [-0.3, -0.25) is 4.79 Å². The third-order valence-electron chi connectivity index (χ3n) is 6.06. The second kappa shape index (κ2) is 7.13. The zero-order valence-corrected chi connectivity index (χ0v) is 17.1. The van der Waals surface area contributed by atoms with Crippen LogP contribution in [0.15, 0.2) is 72.8 Å². The Labute approximate surface area is 175 Å². The predicted octanol–water partition coefficient (Wildman–Crippen LogP) is 5.94. The van der Waals surface area contributed by atoms with Crippen LogP contribution in [0.5, 0.6) is 0 Å². The number of fused-ring (bicyclic) bond motifs is 2. The number of aromatic nitrogens is 1. The zero-order valence-electron chi connectivity index (χ0n) is 17.1. The molecule has 0 fully saturated rings. The highest BCUT2D eigenvalue weighted by Crippen LogP contribution is 2.46. The number of hydrogen-bond donors (Lipinski definition) is 0. The van der Waals surface area contributed by atoms with E-state index in [1.807, 2.05) is 54.4 Å². The van der Waals surface area contributed by atoms with E-state index >= 15 is 0 Å². The van der Waals surface area contributed by atoms with Crippen LogP contribution in [0.4, 0.5) is 4.39 Å². The first-order valence-corrected chi connectivity index (χ1v) is 10.3. The molecule has 0 N–H and O–H groups in total. The lowest BCUT2D eigenvalue weighted by atomic mass is 9.93. The van der Waals surface area contributed by atoms with Gasteiger partial charge in [-0.25, -0.2) is 4.39 Å². The molecule has 2 heterocycles. The summed E-state index contributed by atoms with van der Waals surface area (Å²) in [6, 6.07) is 22.6. The number of aryl methyl sites for hydroxylation is 1. The summed E-state index contributed by atoms with van der Waals surface area (Å²) in [6.07, 6.45) is 0.882. The molecule has 1 atom stereocenters. The highest BCUT2D eigenvalue weighted by atomic mass is 19.1. The summed E-state index contributed by atoms with van der Waals surface area (Å²) in [4.78, 5) is 15.3. The molecule has 4 heteroatoms. The van der Waals surface area contributed by atoms with Crippen molar-refractivity contribution in [2.75, 3.05) is 6.54 Å². The Bertz CT molecular complexity index is 1260. The van der Waals surface area contributed by atoms with E-state index in [0.717, 1.165) is 45.3 Å². The van der Waals surface area contributed by atoms with E-state index in [2.05, 4.69) is 29.7 Å². The first-order valence-electron chi connectivity index (χ1n) is 10.3. The molecule has 1 aliphatic heterocycles. The average molecular weight is 398 g/mol. The first-order chi connectivity index (χ1) is 14.6. The lowest BCUT2D eigenvalue weighted by molar-refractivity contribution is 0.0751. The number of halogens is 1. The van der Waals surface area contributed by atoms with Crippen LogP contribution in [0.25, 0.3) is 22.2 Å². The third kappa shape index (κ3) is 2.67. The molecule has 0 unspecified atom stereocenters. The molecule has 0 radical (unpaired) electrons. The lowest BCUT2D eigenvalue weighted by Crippen LogP contribution is -2.29. The Balaban J connectivity index is 1.85. The maximum atomic E-state index is 13.7. The minimum atomic E-state index is -0.256. The Morgan fingerprint density at radius 3 is 2.40 bits per heavy atom. The van der Waals surface area contributed by atoms with E-state index in [4.69, 9.17) is 0 Å². The maximum absolute atomic E-state index is 13.7. The molecular formula is C26H23FN2O. The number of rotatable bonds is 4. The highest BCUT2D eigenvalue weighted by molar-refractivity contribution is 6.02. The summed E-state index contributed by atoms with van der Waals surface area (Å²) in [5.41, 5.74) is 5.97. The zero-order chi connectivity index (χ0) is 20.8. The van der Waals surface area contributed by atoms with Crippen LogP contribution in [0.2, 0.25) is 0 Å². The van der Waals surface area contributed by atoms with Gasteiger partial charge in [-0.2, -0.15) is 0 Å². The summed E-state index contributed by atoms with van der Waals surface area (Å²) in [5.74, 6) is -0.177. The van der Waals surface area contributed by atoms with Crippen LogP contribution in [0.1, 0.15) is 40.9 Å². The summed E-state index contributed by atoms with van der Waals surface area (Å²) >= 11 is 0.